The average Bonchev–Trinajstić information content (AvgIpc) is 3.21. The van der Waals surface area contributed by atoms with E-state index in [1.807, 2.05) is 30.3 Å². The predicted molar refractivity (Wildman–Crippen MR) is 99.9 cm³/mol. The van der Waals surface area contributed by atoms with Crippen LogP contribution in [0, 0.1) is 0 Å². The lowest BCUT2D eigenvalue weighted by atomic mass is 10.0. The molecule has 1 aromatic heterocycles. The Labute approximate surface area is 164 Å². The third-order valence-corrected chi connectivity index (χ3v) is 4.32. The average molecular weight is 402 g/mol. The Morgan fingerprint density at radius 1 is 1.03 bits per heavy atom. The van der Waals surface area contributed by atoms with Crippen LogP contribution in [0.2, 0.25) is 0 Å². The minimum Gasteiger partial charge on any atom is -0.467 e. The molecule has 29 heavy (non-hydrogen) atoms. The van der Waals surface area contributed by atoms with Gasteiger partial charge in [0, 0.05) is 11.8 Å². The van der Waals surface area contributed by atoms with E-state index in [2.05, 4.69) is 15.0 Å². The van der Waals surface area contributed by atoms with Gasteiger partial charge in [-0.1, -0.05) is 42.5 Å². The van der Waals surface area contributed by atoms with Crippen molar-refractivity contribution in [3.8, 4) is 11.1 Å². The number of aromatic nitrogens is 1. The fourth-order valence-electron chi connectivity index (χ4n) is 2.91. The number of methoxy groups -OCH3 is 1. The molecule has 0 aliphatic rings. The Kier molecular flexibility index (Phi) is 5.72. The summed E-state index contributed by atoms with van der Waals surface area (Å²) in [6.45, 7) is 0. The Balaban J connectivity index is 1.93. The van der Waals surface area contributed by atoms with Crippen LogP contribution in [-0.2, 0) is 15.7 Å². The van der Waals surface area contributed by atoms with Gasteiger partial charge in [0.1, 0.15) is 5.69 Å². The molecule has 0 saturated heterocycles. The molecule has 0 radical (unpaired) electrons. The maximum atomic E-state index is 13.0. The van der Waals surface area contributed by atoms with E-state index in [4.69, 9.17) is 0 Å². The molecule has 3 rings (SSSR count). The molecule has 1 unspecified atom stereocenters. The first-order chi connectivity index (χ1) is 13.8. The third-order valence-electron chi connectivity index (χ3n) is 4.32. The van der Waals surface area contributed by atoms with Crippen LogP contribution in [0.5, 0.6) is 0 Å². The Morgan fingerprint density at radius 3 is 2.41 bits per heavy atom. The van der Waals surface area contributed by atoms with Gasteiger partial charge in [0.2, 0.25) is 0 Å². The summed E-state index contributed by atoms with van der Waals surface area (Å²) in [6.07, 6.45) is -3.02. The van der Waals surface area contributed by atoms with Gasteiger partial charge in [-0.3, -0.25) is 4.79 Å². The second-order valence-electron chi connectivity index (χ2n) is 6.19. The largest absolute Gasteiger partial charge is 0.467 e. The molecule has 0 spiro atoms. The second kappa shape index (κ2) is 8.22. The molecule has 1 amide bonds. The van der Waals surface area contributed by atoms with Gasteiger partial charge in [0.05, 0.1) is 12.7 Å². The summed E-state index contributed by atoms with van der Waals surface area (Å²) in [4.78, 5) is 27.8. The first-order valence-corrected chi connectivity index (χ1v) is 8.60. The molecule has 150 valence electrons. The normalized spacial score (nSPS) is 12.3. The summed E-state index contributed by atoms with van der Waals surface area (Å²) in [7, 11) is 1.10. The summed E-state index contributed by atoms with van der Waals surface area (Å²) < 4.78 is 43.8. The van der Waals surface area contributed by atoms with Crippen molar-refractivity contribution in [1.82, 2.24) is 10.3 Å². The summed E-state index contributed by atoms with van der Waals surface area (Å²) in [5.41, 5.74) is 0.580. The van der Waals surface area contributed by atoms with E-state index in [9.17, 15) is 22.8 Å². The molecule has 5 nitrogen and oxygen atoms in total. The van der Waals surface area contributed by atoms with Gasteiger partial charge in [-0.05, 0) is 29.3 Å². The van der Waals surface area contributed by atoms with Crippen molar-refractivity contribution in [3.63, 3.8) is 0 Å². The number of halogens is 3. The first-order valence-electron chi connectivity index (χ1n) is 8.60. The highest BCUT2D eigenvalue weighted by Crippen LogP contribution is 2.31. The highest BCUT2D eigenvalue weighted by molar-refractivity contribution is 6.01. The van der Waals surface area contributed by atoms with E-state index in [0.29, 0.717) is 5.56 Å². The lowest BCUT2D eigenvalue weighted by Gasteiger charge is -2.18. The van der Waals surface area contributed by atoms with Crippen molar-refractivity contribution in [2.75, 3.05) is 7.11 Å². The number of H-pyrrole nitrogens is 1. The summed E-state index contributed by atoms with van der Waals surface area (Å²) in [6, 6.07) is 13.6. The van der Waals surface area contributed by atoms with Gasteiger partial charge in [0.25, 0.3) is 5.91 Å². The molecular weight excluding hydrogens is 385 g/mol. The lowest BCUT2D eigenvalue weighted by Crippen LogP contribution is -2.35. The molecule has 1 heterocycles. The van der Waals surface area contributed by atoms with E-state index in [-0.39, 0.29) is 11.3 Å². The van der Waals surface area contributed by atoms with Gasteiger partial charge in [-0.15, -0.1) is 0 Å². The highest BCUT2D eigenvalue weighted by Gasteiger charge is 2.33. The van der Waals surface area contributed by atoms with Crippen LogP contribution in [0.3, 0.4) is 0 Å². The van der Waals surface area contributed by atoms with Crippen LogP contribution < -0.4 is 5.32 Å². The fourth-order valence-corrected chi connectivity index (χ4v) is 2.91. The number of carbonyl (C=O) groups excluding carboxylic acids is 2. The SMILES string of the molecule is COC(=O)C(NC(=O)c1[nH]ccc1-c1ccccc1)c1cccc(C(F)(F)F)c1. The van der Waals surface area contributed by atoms with E-state index in [0.717, 1.165) is 24.8 Å². The predicted octanol–water partition coefficient (Wildman–Crippen LogP) is 4.34. The standard InChI is InChI=1S/C21H17F3N2O3/c1-29-20(28)17(14-8-5-9-15(12-14)21(22,23)24)26-19(27)18-16(10-11-25-18)13-6-3-2-4-7-13/h2-12,17,25H,1H3,(H,26,27). The van der Waals surface area contributed by atoms with Crippen LogP contribution in [0.15, 0.2) is 66.9 Å². The zero-order valence-corrected chi connectivity index (χ0v) is 15.3. The van der Waals surface area contributed by atoms with E-state index >= 15 is 0 Å². The van der Waals surface area contributed by atoms with Crippen molar-refractivity contribution in [2.24, 2.45) is 0 Å². The molecule has 0 fully saturated rings. The number of benzene rings is 2. The lowest BCUT2D eigenvalue weighted by molar-refractivity contribution is -0.143. The van der Waals surface area contributed by atoms with Gasteiger partial charge >= 0.3 is 12.1 Å². The zero-order chi connectivity index (χ0) is 21.0. The van der Waals surface area contributed by atoms with Gasteiger partial charge in [-0.2, -0.15) is 13.2 Å². The van der Waals surface area contributed by atoms with Crippen LogP contribution in [0.25, 0.3) is 11.1 Å². The maximum absolute atomic E-state index is 13.0. The smallest absolute Gasteiger partial charge is 0.416 e. The number of hydrogen-bond donors (Lipinski definition) is 2. The number of rotatable bonds is 5. The summed E-state index contributed by atoms with van der Waals surface area (Å²) >= 11 is 0. The summed E-state index contributed by atoms with van der Waals surface area (Å²) in [5, 5.41) is 2.46. The number of carbonyl (C=O) groups is 2. The number of hydrogen-bond acceptors (Lipinski definition) is 3. The van der Waals surface area contributed by atoms with Crippen LogP contribution in [-0.4, -0.2) is 24.0 Å². The van der Waals surface area contributed by atoms with Gasteiger partial charge < -0.3 is 15.0 Å². The van der Waals surface area contributed by atoms with Crippen molar-refractivity contribution in [1.29, 1.82) is 0 Å². The Bertz CT molecular complexity index is 1010. The Morgan fingerprint density at radius 2 is 1.76 bits per heavy atom. The monoisotopic (exact) mass is 402 g/mol. The number of ether oxygens (including phenoxy) is 1. The van der Waals surface area contributed by atoms with Crippen molar-refractivity contribution >= 4 is 11.9 Å². The topological polar surface area (TPSA) is 71.2 Å². The number of nitrogens with one attached hydrogen (secondary N) is 2. The Hall–Kier alpha value is -3.55. The van der Waals surface area contributed by atoms with Crippen LogP contribution in [0.1, 0.15) is 27.7 Å². The van der Waals surface area contributed by atoms with E-state index in [1.54, 1.807) is 12.3 Å². The minimum absolute atomic E-state index is 0.0344. The fraction of sp³-hybridized carbons (Fsp3) is 0.143. The van der Waals surface area contributed by atoms with Crippen LogP contribution >= 0.6 is 0 Å². The molecule has 3 aromatic rings. The number of esters is 1. The number of amides is 1. The minimum atomic E-state index is -4.58. The quantitative estimate of drug-likeness (QED) is 0.624. The van der Waals surface area contributed by atoms with Crippen LogP contribution in [0.4, 0.5) is 13.2 Å². The first kappa shape index (κ1) is 20.2. The highest BCUT2D eigenvalue weighted by atomic mass is 19.4. The summed E-state index contributed by atoms with van der Waals surface area (Å²) in [5.74, 6) is -1.54. The van der Waals surface area contributed by atoms with Gasteiger partial charge in [0.15, 0.2) is 6.04 Å². The van der Waals surface area contributed by atoms with Crippen molar-refractivity contribution < 1.29 is 27.5 Å². The molecule has 1 atom stereocenters. The number of aromatic amines is 1. The third kappa shape index (κ3) is 4.48. The molecule has 0 saturated carbocycles. The van der Waals surface area contributed by atoms with Crippen molar-refractivity contribution in [3.05, 3.63) is 83.7 Å². The second-order valence-corrected chi connectivity index (χ2v) is 6.19. The maximum Gasteiger partial charge on any atom is 0.416 e. The molecule has 0 aliphatic carbocycles. The number of alkyl halides is 3. The van der Waals surface area contributed by atoms with E-state index in [1.165, 1.54) is 12.1 Å². The molecule has 2 N–H and O–H groups in total. The molecular formula is C21H17F3N2O3. The van der Waals surface area contributed by atoms with Crippen molar-refractivity contribution in [2.45, 2.75) is 12.2 Å². The van der Waals surface area contributed by atoms with Gasteiger partial charge in [-0.25, -0.2) is 4.79 Å². The molecule has 0 bridgehead atoms. The zero-order valence-electron chi connectivity index (χ0n) is 15.3. The van der Waals surface area contributed by atoms with E-state index < -0.39 is 29.7 Å². The molecule has 2 aromatic carbocycles. The molecule has 8 heteroatoms. The molecule has 0 aliphatic heterocycles.